The fourth-order valence-corrected chi connectivity index (χ4v) is 3.86. The lowest BCUT2D eigenvalue weighted by molar-refractivity contribution is 0.959. The van der Waals surface area contributed by atoms with Crippen LogP contribution >= 0.6 is 34.4 Å². The molecule has 0 unspecified atom stereocenters. The highest BCUT2D eigenvalue weighted by atomic mass is 32.2. The van der Waals surface area contributed by atoms with E-state index in [1.54, 1.807) is 34.4 Å². The molecule has 3 heterocycles. The second kappa shape index (κ2) is 4.36. The normalized spacial score (nSPS) is 11.2. The number of hydrogen-bond donors (Lipinski definition) is 0. The first-order chi connectivity index (χ1) is 8.29. The number of fused-ring (bicyclic) bond motifs is 1. The molecule has 0 amide bonds. The third kappa shape index (κ3) is 1.86. The second-order valence-corrected chi connectivity index (χ2v) is 6.39. The van der Waals surface area contributed by atoms with E-state index in [0.717, 1.165) is 30.8 Å². The monoisotopic (exact) mass is 279 g/mol. The molecule has 6 heteroatoms. The third-order valence-corrected chi connectivity index (χ3v) is 4.86. The zero-order chi connectivity index (χ0) is 11.8. The van der Waals surface area contributed by atoms with Crippen LogP contribution in [0.3, 0.4) is 0 Å². The van der Waals surface area contributed by atoms with E-state index >= 15 is 0 Å². The zero-order valence-electron chi connectivity index (χ0n) is 9.30. The van der Waals surface area contributed by atoms with Crippen LogP contribution in [0.4, 0.5) is 0 Å². The van der Waals surface area contributed by atoms with Crippen molar-refractivity contribution in [1.29, 1.82) is 0 Å². The van der Waals surface area contributed by atoms with Gasteiger partial charge in [0.15, 0.2) is 0 Å². The number of thiazole rings is 1. The number of hydrogen-bond acceptors (Lipinski definition) is 6. The van der Waals surface area contributed by atoms with E-state index < -0.39 is 0 Å². The Bertz CT molecular complexity index is 658. The topological polar surface area (TPSA) is 38.7 Å². The summed E-state index contributed by atoms with van der Waals surface area (Å²) in [6.07, 6.45) is 2.00. The van der Waals surface area contributed by atoms with E-state index in [2.05, 4.69) is 26.6 Å². The molecule has 0 bridgehead atoms. The van der Waals surface area contributed by atoms with Crippen LogP contribution in [0, 0.1) is 6.92 Å². The Morgan fingerprint density at radius 3 is 2.88 bits per heavy atom. The maximum absolute atomic E-state index is 4.55. The van der Waals surface area contributed by atoms with E-state index in [9.17, 15) is 0 Å². The Morgan fingerprint density at radius 2 is 2.18 bits per heavy atom. The van der Waals surface area contributed by atoms with Crippen LogP contribution in [0.5, 0.6) is 0 Å². The van der Waals surface area contributed by atoms with Gasteiger partial charge in [0.05, 0.1) is 14.6 Å². The Morgan fingerprint density at radius 1 is 1.29 bits per heavy atom. The van der Waals surface area contributed by atoms with Gasteiger partial charge in [0.1, 0.15) is 16.2 Å². The Kier molecular flexibility index (Phi) is 2.85. The van der Waals surface area contributed by atoms with Crippen LogP contribution in [0.15, 0.2) is 22.5 Å². The van der Waals surface area contributed by atoms with Crippen molar-refractivity contribution >= 4 is 44.7 Å². The minimum atomic E-state index is 0.907. The average molecular weight is 279 g/mol. The van der Waals surface area contributed by atoms with E-state index in [-0.39, 0.29) is 0 Å². The number of thioether (sulfide) groups is 1. The van der Waals surface area contributed by atoms with Gasteiger partial charge in [-0.25, -0.2) is 4.98 Å². The molecule has 0 atom stereocenters. The molecule has 3 nitrogen and oxygen atoms in total. The fraction of sp³-hybridized carbons (Fsp3) is 0.182. The summed E-state index contributed by atoms with van der Waals surface area (Å²) in [7, 11) is 0. The van der Waals surface area contributed by atoms with Crippen LogP contribution in [0.2, 0.25) is 0 Å². The fourth-order valence-electron chi connectivity index (χ4n) is 1.63. The Balaban J connectivity index is 2.34. The van der Waals surface area contributed by atoms with Crippen molar-refractivity contribution < 1.29 is 0 Å². The van der Waals surface area contributed by atoms with Crippen LogP contribution in [0.25, 0.3) is 20.8 Å². The predicted molar refractivity (Wildman–Crippen MR) is 75.0 cm³/mol. The summed E-state index contributed by atoms with van der Waals surface area (Å²) < 4.78 is 1.14. The summed E-state index contributed by atoms with van der Waals surface area (Å²) in [5.74, 6) is 0. The quantitative estimate of drug-likeness (QED) is 0.668. The predicted octanol–water partition coefficient (Wildman–Crippen LogP) is 3.85. The Labute approximate surface area is 111 Å². The Hall–Kier alpha value is -0.980. The van der Waals surface area contributed by atoms with Crippen molar-refractivity contribution in [2.75, 3.05) is 6.26 Å². The SMILES string of the molecule is CSc1nnc(-c2cccs2)c2sc(C)nc12. The van der Waals surface area contributed by atoms with Crippen molar-refractivity contribution in [3.8, 4) is 10.6 Å². The number of aryl methyl sites for hydroxylation is 1. The summed E-state index contributed by atoms with van der Waals surface area (Å²) in [6.45, 7) is 2.02. The van der Waals surface area contributed by atoms with Crippen LogP contribution < -0.4 is 0 Å². The molecular formula is C11H9N3S3. The largest absolute Gasteiger partial charge is 0.238 e. The molecule has 3 aromatic rings. The first-order valence-electron chi connectivity index (χ1n) is 5.01. The van der Waals surface area contributed by atoms with Gasteiger partial charge < -0.3 is 0 Å². The molecule has 0 spiro atoms. The summed E-state index contributed by atoms with van der Waals surface area (Å²) in [6, 6.07) is 4.10. The molecule has 17 heavy (non-hydrogen) atoms. The number of aromatic nitrogens is 3. The van der Waals surface area contributed by atoms with Gasteiger partial charge in [0.2, 0.25) is 0 Å². The highest BCUT2D eigenvalue weighted by Gasteiger charge is 2.15. The van der Waals surface area contributed by atoms with Gasteiger partial charge in [-0.1, -0.05) is 6.07 Å². The lowest BCUT2D eigenvalue weighted by Gasteiger charge is -2.00. The lowest BCUT2D eigenvalue weighted by atomic mass is 10.3. The minimum absolute atomic E-state index is 0.907. The van der Waals surface area contributed by atoms with Crippen molar-refractivity contribution in [2.24, 2.45) is 0 Å². The van der Waals surface area contributed by atoms with E-state index in [4.69, 9.17) is 0 Å². The van der Waals surface area contributed by atoms with Gasteiger partial charge in [-0.15, -0.1) is 44.6 Å². The lowest BCUT2D eigenvalue weighted by Crippen LogP contribution is -1.90. The van der Waals surface area contributed by atoms with Gasteiger partial charge in [-0.05, 0) is 24.6 Å². The molecule has 0 radical (unpaired) electrons. The van der Waals surface area contributed by atoms with Gasteiger partial charge in [-0.2, -0.15) is 0 Å². The molecule has 86 valence electrons. The first kappa shape index (κ1) is 11.1. The molecule has 3 aromatic heterocycles. The highest BCUT2D eigenvalue weighted by Crippen LogP contribution is 2.36. The molecule has 0 saturated heterocycles. The third-order valence-electron chi connectivity index (χ3n) is 2.34. The van der Waals surface area contributed by atoms with Crippen LogP contribution in [-0.2, 0) is 0 Å². The molecule has 0 N–H and O–H groups in total. The number of rotatable bonds is 2. The van der Waals surface area contributed by atoms with Crippen LogP contribution in [-0.4, -0.2) is 21.4 Å². The maximum Gasteiger partial charge on any atom is 0.146 e. The van der Waals surface area contributed by atoms with Crippen molar-refractivity contribution in [2.45, 2.75) is 11.9 Å². The highest BCUT2D eigenvalue weighted by molar-refractivity contribution is 7.98. The summed E-state index contributed by atoms with van der Waals surface area (Å²) in [4.78, 5) is 5.71. The second-order valence-electron chi connectivity index (χ2n) is 3.45. The van der Waals surface area contributed by atoms with Gasteiger partial charge in [-0.3, -0.25) is 0 Å². The minimum Gasteiger partial charge on any atom is -0.238 e. The van der Waals surface area contributed by atoms with Gasteiger partial charge in [0, 0.05) is 0 Å². The number of nitrogens with zero attached hydrogens (tertiary/aromatic N) is 3. The van der Waals surface area contributed by atoms with Crippen molar-refractivity contribution in [1.82, 2.24) is 15.2 Å². The molecule has 3 rings (SSSR count). The van der Waals surface area contributed by atoms with E-state index in [0.29, 0.717) is 0 Å². The van der Waals surface area contributed by atoms with Crippen LogP contribution in [0.1, 0.15) is 5.01 Å². The van der Waals surface area contributed by atoms with Gasteiger partial charge in [0.25, 0.3) is 0 Å². The van der Waals surface area contributed by atoms with Crippen molar-refractivity contribution in [3.05, 3.63) is 22.5 Å². The van der Waals surface area contributed by atoms with E-state index in [1.165, 1.54) is 0 Å². The molecule has 0 fully saturated rings. The first-order valence-corrected chi connectivity index (χ1v) is 7.93. The zero-order valence-corrected chi connectivity index (χ0v) is 11.7. The molecule has 0 aliphatic rings. The standard InChI is InChI=1S/C11H9N3S3/c1-6-12-9-10(17-6)8(7-4-3-5-16-7)13-14-11(9)15-2/h3-5H,1-2H3. The molecule has 0 saturated carbocycles. The van der Waals surface area contributed by atoms with E-state index in [1.807, 2.05) is 19.2 Å². The summed E-state index contributed by atoms with van der Waals surface area (Å²) >= 11 is 4.96. The number of thiophene rings is 1. The molecule has 0 aromatic carbocycles. The van der Waals surface area contributed by atoms with Gasteiger partial charge >= 0.3 is 0 Å². The summed E-state index contributed by atoms with van der Waals surface area (Å²) in [5, 5.41) is 12.6. The van der Waals surface area contributed by atoms with Crippen molar-refractivity contribution in [3.63, 3.8) is 0 Å². The maximum atomic E-state index is 4.55. The average Bonchev–Trinajstić information content (AvgIpc) is 2.95. The summed E-state index contributed by atoms with van der Waals surface area (Å²) in [5.41, 5.74) is 1.94. The smallest absolute Gasteiger partial charge is 0.146 e. The molecule has 0 aliphatic carbocycles. The molecule has 0 aliphatic heterocycles. The molecular weight excluding hydrogens is 270 g/mol.